The molecule has 9 nitrogen and oxygen atoms in total. The van der Waals surface area contributed by atoms with Gasteiger partial charge in [0.05, 0.1) is 18.9 Å². The molecule has 0 aliphatic carbocycles. The van der Waals surface area contributed by atoms with Crippen molar-refractivity contribution in [2.45, 2.75) is 78.4 Å². The minimum atomic E-state index is -1.04. The molecule has 2 amide bonds. The zero-order valence-corrected chi connectivity index (χ0v) is 18.1. The first kappa shape index (κ1) is 26.7. The first-order valence-corrected chi connectivity index (χ1v) is 10.1. The minimum Gasteiger partial charge on any atom is -0.464 e. The van der Waals surface area contributed by atoms with Gasteiger partial charge < -0.3 is 26.5 Å². The second-order valence-corrected chi connectivity index (χ2v) is 7.89. The molecule has 0 aromatic carbocycles. The van der Waals surface area contributed by atoms with Crippen molar-refractivity contribution in [3.05, 3.63) is 0 Å². The third-order valence-corrected chi connectivity index (χ3v) is 4.13. The Kier molecular flexibility index (Phi) is 12.7. The Balaban J connectivity index is 5.24. The van der Waals surface area contributed by atoms with Gasteiger partial charge in [-0.2, -0.15) is 0 Å². The smallest absolute Gasteiger partial charge is 0.328 e. The fraction of sp³-hybridized carbons (Fsp3) is 0.750. The van der Waals surface area contributed by atoms with Crippen LogP contribution in [0.2, 0.25) is 0 Å². The summed E-state index contributed by atoms with van der Waals surface area (Å²) in [6.07, 6.45) is 1.45. The van der Waals surface area contributed by atoms with Gasteiger partial charge >= 0.3 is 5.97 Å². The molecule has 3 unspecified atom stereocenters. The molecule has 0 bridgehead atoms. The molecular formula is C20H36N4O5. The van der Waals surface area contributed by atoms with E-state index in [2.05, 4.69) is 10.6 Å². The molecule has 29 heavy (non-hydrogen) atoms. The van der Waals surface area contributed by atoms with Crippen molar-refractivity contribution in [3.63, 3.8) is 0 Å². The lowest BCUT2D eigenvalue weighted by atomic mass is 10.00. The Morgan fingerprint density at radius 3 is 2.00 bits per heavy atom. The molecule has 0 aromatic heterocycles. The summed E-state index contributed by atoms with van der Waals surface area (Å²) in [6.45, 7) is 9.48. The van der Waals surface area contributed by atoms with Crippen LogP contribution in [-0.4, -0.2) is 54.5 Å². The summed E-state index contributed by atoms with van der Waals surface area (Å²) >= 11 is 0. The summed E-state index contributed by atoms with van der Waals surface area (Å²) in [5.74, 6) is -1.75. The highest BCUT2D eigenvalue weighted by Gasteiger charge is 2.29. The first-order chi connectivity index (χ1) is 13.5. The largest absolute Gasteiger partial charge is 0.464 e. The lowest BCUT2D eigenvalue weighted by Gasteiger charge is -2.25. The van der Waals surface area contributed by atoms with Crippen LogP contribution < -0.4 is 16.4 Å². The SMILES string of the molecule is CCOC(=O)C(CCC(=O)C=N)NC(=O)C(CC(C)C)NC(=O)C(N)CC(C)C. The number of ether oxygens (including phenoxy) is 1. The molecule has 3 atom stereocenters. The number of ketones is 1. The van der Waals surface area contributed by atoms with Gasteiger partial charge in [0.25, 0.3) is 0 Å². The number of hydrogen-bond donors (Lipinski definition) is 4. The topological polar surface area (TPSA) is 151 Å². The second kappa shape index (κ2) is 13.8. The Morgan fingerprint density at radius 2 is 1.52 bits per heavy atom. The zero-order valence-electron chi connectivity index (χ0n) is 18.1. The highest BCUT2D eigenvalue weighted by molar-refractivity contribution is 6.26. The van der Waals surface area contributed by atoms with Gasteiger partial charge in [0.2, 0.25) is 11.8 Å². The molecule has 0 saturated carbocycles. The van der Waals surface area contributed by atoms with Crippen LogP contribution in [0.1, 0.15) is 60.3 Å². The maximum atomic E-state index is 12.8. The lowest BCUT2D eigenvalue weighted by molar-refractivity contribution is -0.148. The number of nitrogens with two attached hydrogens (primary N) is 1. The van der Waals surface area contributed by atoms with Gasteiger partial charge in [-0.25, -0.2) is 4.79 Å². The van der Waals surface area contributed by atoms with Crippen LogP contribution in [-0.2, 0) is 23.9 Å². The molecule has 0 saturated heterocycles. The molecule has 9 heteroatoms. The maximum Gasteiger partial charge on any atom is 0.328 e. The summed E-state index contributed by atoms with van der Waals surface area (Å²) in [5.41, 5.74) is 5.91. The van der Waals surface area contributed by atoms with Crippen LogP contribution in [0.3, 0.4) is 0 Å². The van der Waals surface area contributed by atoms with Gasteiger partial charge in [0.15, 0.2) is 5.78 Å². The Bertz CT molecular complexity index is 577. The van der Waals surface area contributed by atoms with Crippen LogP contribution in [0.25, 0.3) is 0 Å². The Morgan fingerprint density at radius 1 is 0.966 bits per heavy atom. The quantitative estimate of drug-likeness (QED) is 0.246. The normalized spacial score (nSPS) is 14.1. The van der Waals surface area contributed by atoms with Crippen LogP contribution in [0, 0.1) is 17.2 Å². The number of esters is 1. The summed E-state index contributed by atoms with van der Waals surface area (Å²) in [5, 5.41) is 12.2. The molecule has 0 aliphatic heterocycles. The van der Waals surface area contributed by atoms with Crippen molar-refractivity contribution in [2.75, 3.05) is 6.61 Å². The standard InChI is InChI=1S/C20H36N4O5/c1-6-29-20(28)16(8-7-14(25)11-21)23-19(27)17(10-13(4)5)24-18(26)15(22)9-12(2)3/h11-13,15-17,21H,6-10,22H2,1-5H3,(H,23,27)(H,24,26). The number of rotatable bonds is 14. The minimum absolute atomic E-state index is 0.00793. The molecular weight excluding hydrogens is 376 g/mol. The van der Waals surface area contributed by atoms with E-state index >= 15 is 0 Å². The van der Waals surface area contributed by atoms with Crippen molar-refractivity contribution < 1.29 is 23.9 Å². The van der Waals surface area contributed by atoms with E-state index in [0.717, 1.165) is 0 Å². The van der Waals surface area contributed by atoms with Gasteiger partial charge in [0.1, 0.15) is 12.1 Å². The van der Waals surface area contributed by atoms with E-state index in [0.29, 0.717) is 19.1 Å². The summed E-state index contributed by atoms with van der Waals surface area (Å²) in [4.78, 5) is 48.7. The molecule has 166 valence electrons. The maximum absolute atomic E-state index is 12.8. The average molecular weight is 413 g/mol. The molecule has 0 rings (SSSR count). The molecule has 0 heterocycles. The van der Waals surface area contributed by atoms with Crippen molar-refractivity contribution in [2.24, 2.45) is 17.6 Å². The summed E-state index contributed by atoms with van der Waals surface area (Å²) < 4.78 is 4.97. The molecule has 0 fully saturated rings. The van der Waals surface area contributed by atoms with E-state index in [1.54, 1.807) is 6.92 Å². The number of carbonyl (C=O) groups excluding carboxylic acids is 4. The number of Topliss-reactive ketones (excluding diaryl/α,β-unsaturated/α-hetero) is 1. The van der Waals surface area contributed by atoms with Gasteiger partial charge in [-0.05, 0) is 38.0 Å². The lowest BCUT2D eigenvalue weighted by Crippen LogP contribution is -2.55. The number of amides is 2. The molecule has 5 N–H and O–H groups in total. The van der Waals surface area contributed by atoms with E-state index in [4.69, 9.17) is 15.9 Å². The highest BCUT2D eigenvalue weighted by atomic mass is 16.5. The van der Waals surface area contributed by atoms with Crippen molar-refractivity contribution in [3.8, 4) is 0 Å². The first-order valence-electron chi connectivity index (χ1n) is 10.1. The number of hydrogen-bond acceptors (Lipinski definition) is 7. The monoisotopic (exact) mass is 412 g/mol. The zero-order chi connectivity index (χ0) is 22.6. The van der Waals surface area contributed by atoms with Crippen molar-refractivity contribution >= 4 is 29.8 Å². The average Bonchev–Trinajstić information content (AvgIpc) is 2.62. The summed E-state index contributed by atoms with van der Waals surface area (Å²) in [7, 11) is 0. The van der Waals surface area contributed by atoms with Gasteiger partial charge in [-0.1, -0.05) is 27.7 Å². The van der Waals surface area contributed by atoms with Crippen molar-refractivity contribution in [1.82, 2.24) is 10.6 Å². The van der Waals surface area contributed by atoms with Crippen LogP contribution >= 0.6 is 0 Å². The fourth-order valence-corrected chi connectivity index (χ4v) is 2.72. The third-order valence-electron chi connectivity index (χ3n) is 4.13. The predicted molar refractivity (Wildman–Crippen MR) is 110 cm³/mol. The van der Waals surface area contributed by atoms with E-state index < -0.39 is 41.7 Å². The molecule has 0 radical (unpaired) electrons. The number of nitrogens with one attached hydrogen (secondary N) is 3. The Hall–Kier alpha value is -2.29. The third kappa shape index (κ3) is 11.3. The van der Waals surface area contributed by atoms with Gasteiger partial charge in [-0.15, -0.1) is 0 Å². The van der Waals surface area contributed by atoms with E-state index in [9.17, 15) is 19.2 Å². The van der Waals surface area contributed by atoms with Crippen molar-refractivity contribution in [1.29, 1.82) is 5.41 Å². The fourth-order valence-electron chi connectivity index (χ4n) is 2.72. The number of carbonyl (C=O) groups is 4. The van der Waals surface area contributed by atoms with E-state index in [-0.39, 0.29) is 31.3 Å². The van der Waals surface area contributed by atoms with Gasteiger partial charge in [-0.3, -0.25) is 14.4 Å². The molecule has 0 spiro atoms. The summed E-state index contributed by atoms with van der Waals surface area (Å²) in [6, 6.07) is -2.64. The molecule has 0 aromatic rings. The van der Waals surface area contributed by atoms with Gasteiger partial charge in [0, 0.05) is 6.42 Å². The van der Waals surface area contributed by atoms with E-state index in [1.807, 2.05) is 27.7 Å². The van der Waals surface area contributed by atoms with Crippen LogP contribution in [0.5, 0.6) is 0 Å². The van der Waals surface area contributed by atoms with Crippen LogP contribution in [0.15, 0.2) is 0 Å². The second-order valence-electron chi connectivity index (χ2n) is 7.89. The van der Waals surface area contributed by atoms with Crippen LogP contribution in [0.4, 0.5) is 0 Å². The predicted octanol–water partition coefficient (Wildman–Crippen LogP) is 0.937. The Labute approximate surface area is 173 Å². The van der Waals surface area contributed by atoms with E-state index in [1.165, 1.54) is 0 Å². The highest BCUT2D eigenvalue weighted by Crippen LogP contribution is 2.09. The molecule has 0 aliphatic rings.